The van der Waals surface area contributed by atoms with E-state index in [9.17, 15) is 12.8 Å². The highest BCUT2D eigenvalue weighted by molar-refractivity contribution is 7.91. The lowest BCUT2D eigenvalue weighted by Crippen LogP contribution is -2.39. The summed E-state index contributed by atoms with van der Waals surface area (Å²) in [5.41, 5.74) is 0.725. The molecule has 0 aromatic heterocycles. The number of rotatable bonds is 3. The highest BCUT2D eigenvalue weighted by Crippen LogP contribution is 2.14. The first-order chi connectivity index (χ1) is 9.00. The standard InChI is InChI=1S/C13H15FN2O2S/c14-13-6-10(7-15)3-4-11(13)8-16-12-2-1-5-19(17,18)9-12/h3-4,6,12,16H,1-2,5,8-9H2. The van der Waals surface area contributed by atoms with Gasteiger partial charge in [0.1, 0.15) is 5.82 Å². The Balaban J connectivity index is 1.98. The maximum Gasteiger partial charge on any atom is 0.151 e. The van der Waals surface area contributed by atoms with Crippen LogP contribution in [0.25, 0.3) is 0 Å². The van der Waals surface area contributed by atoms with Crippen molar-refractivity contribution in [1.82, 2.24) is 5.32 Å². The van der Waals surface area contributed by atoms with Gasteiger partial charge in [-0.15, -0.1) is 0 Å². The van der Waals surface area contributed by atoms with Crippen LogP contribution < -0.4 is 5.32 Å². The molecule has 1 atom stereocenters. The Morgan fingerprint density at radius 3 is 2.89 bits per heavy atom. The molecule has 2 rings (SSSR count). The van der Waals surface area contributed by atoms with E-state index in [0.29, 0.717) is 12.0 Å². The molecule has 0 amide bonds. The van der Waals surface area contributed by atoms with Crippen molar-refractivity contribution in [3.63, 3.8) is 0 Å². The van der Waals surface area contributed by atoms with Crippen molar-refractivity contribution in [2.45, 2.75) is 25.4 Å². The van der Waals surface area contributed by atoms with Gasteiger partial charge in [-0.05, 0) is 25.0 Å². The molecule has 1 unspecified atom stereocenters. The van der Waals surface area contributed by atoms with E-state index in [4.69, 9.17) is 5.26 Å². The van der Waals surface area contributed by atoms with Gasteiger partial charge in [-0.1, -0.05) is 6.07 Å². The summed E-state index contributed by atoms with van der Waals surface area (Å²) in [6, 6.07) is 6.05. The summed E-state index contributed by atoms with van der Waals surface area (Å²) in [6.07, 6.45) is 1.44. The van der Waals surface area contributed by atoms with Crippen LogP contribution in [0.1, 0.15) is 24.0 Å². The van der Waals surface area contributed by atoms with Gasteiger partial charge < -0.3 is 5.32 Å². The lowest BCUT2D eigenvalue weighted by Gasteiger charge is -2.23. The Morgan fingerprint density at radius 1 is 1.47 bits per heavy atom. The van der Waals surface area contributed by atoms with Gasteiger partial charge in [0.25, 0.3) is 0 Å². The van der Waals surface area contributed by atoms with Crippen molar-refractivity contribution in [2.24, 2.45) is 0 Å². The van der Waals surface area contributed by atoms with Crippen LogP contribution in [-0.2, 0) is 16.4 Å². The Labute approximate surface area is 112 Å². The Bertz CT molecular complexity index is 608. The molecule has 1 aromatic rings. The lowest BCUT2D eigenvalue weighted by molar-refractivity contribution is 0.473. The van der Waals surface area contributed by atoms with E-state index in [2.05, 4.69) is 5.32 Å². The molecule has 0 saturated carbocycles. The molecule has 4 nitrogen and oxygen atoms in total. The van der Waals surface area contributed by atoms with Gasteiger partial charge >= 0.3 is 0 Å². The third-order valence-corrected chi connectivity index (χ3v) is 5.05. The van der Waals surface area contributed by atoms with Crippen molar-refractivity contribution >= 4 is 9.84 Å². The van der Waals surface area contributed by atoms with Gasteiger partial charge in [0.15, 0.2) is 9.84 Å². The van der Waals surface area contributed by atoms with Crippen LogP contribution in [0.15, 0.2) is 18.2 Å². The topological polar surface area (TPSA) is 70.0 Å². The average Bonchev–Trinajstić information content (AvgIpc) is 2.36. The van der Waals surface area contributed by atoms with Gasteiger partial charge in [-0.25, -0.2) is 12.8 Å². The minimum atomic E-state index is -2.96. The summed E-state index contributed by atoms with van der Waals surface area (Å²) < 4.78 is 36.6. The van der Waals surface area contributed by atoms with Crippen molar-refractivity contribution in [3.8, 4) is 6.07 Å². The third-order valence-electron chi connectivity index (χ3n) is 3.23. The largest absolute Gasteiger partial charge is 0.309 e. The fourth-order valence-electron chi connectivity index (χ4n) is 2.20. The zero-order valence-corrected chi connectivity index (χ0v) is 11.2. The van der Waals surface area contributed by atoms with E-state index < -0.39 is 15.7 Å². The molecular weight excluding hydrogens is 267 g/mol. The first-order valence-electron chi connectivity index (χ1n) is 6.12. The second kappa shape index (κ2) is 5.68. The summed E-state index contributed by atoms with van der Waals surface area (Å²) in [4.78, 5) is 0. The first kappa shape index (κ1) is 14.0. The smallest absolute Gasteiger partial charge is 0.151 e. The molecule has 102 valence electrons. The van der Waals surface area contributed by atoms with E-state index >= 15 is 0 Å². The molecule has 19 heavy (non-hydrogen) atoms. The maximum absolute atomic E-state index is 13.6. The second-order valence-electron chi connectivity index (χ2n) is 4.75. The lowest BCUT2D eigenvalue weighted by atomic mass is 10.1. The quantitative estimate of drug-likeness (QED) is 0.909. The van der Waals surface area contributed by atoms with Gasteiger partial charge in [0.05, 0.1) is 23.1 Å². The van der Waals surface area contributed by atoms with Gasteiger partial charge in [-0.3, -0.25) is 0 Å². The number of sulfone groups is 1. The Hall–Kier alpha value is -1.45. The van der Waals surface area contributed by atoms with Crippen molar-refractivity contribution in [2.75, 3.05) is 11.5 Å². The number of nitrogens with zero attached hydrogens (tertiary/aromatic N) is 1. The molecule has 0 radical (unpaired) electrons. The highest BCUT2D eigenvalue weighted by Gasteiger charge is 2.24. The van der Waals surface area contributed by atoms with Crippen LogP contribution in [-0.4, -0.2) is 26.0 Å². The summed E-state index contributed by atoms with van der Waals surface area (Å²) in [5.74, 6) is -0.0772. The van der Waals surface area contributed by atoms with E-state index in [1.54, 1.807) is 12.1 Å². The van der Waals surface area contributed by atoms with Crippen molar-refractivity contribution < 1.29 is 12.8 Å². The number of benzene rings is 1. The summed E-state index contributed by atoms with van der Waals surface area (Å²) in [5, 5.41) is 11.7. The minimum Gasteiger partial charge on any atom is -0.309 e. The van der Waals surface area contributed by atoms with E-state index in [1.165, 1.54) is 6.07 Å². The zero-order valence-electron chi connectivity index (χ0n) is 10.4. The Kier molecular flexibility index (Phi) is 4.17. The molecule has 1 N–H and O–H groups in total. The molecular formula is C13H15FN2O2S. The number of nitriles is 1. The molecule has 1 aliphatic rings. The molecule has 0 spiro atoms. The third kappa shape index (κ3) is 3.75. The fourth-order valence-corrected chi connectivity index (χ4v) is 3.87. The van der Waals surface area contributed by atoms with E-state index in [0.717, 1.165) is 6.42 Å². The molecule has 0 aliphatic carbocycles. The van der Waals surface area contributed by atoms with Crippen molar-refractivity contribution in [3.05, 3.63) is 35.1 Å². The predicted octanol–water partition coefficient (Wildman–Crippen LogP) is 1.36. The van der Waals surface area contributed by atoms with Crippen LogP contribution in [0.2, 0.25) is 0 Å². The van der Waals surface area contributed by atoms with Crippen LogP contribution in [0, 0.1) is 17.1 Å². The molecule has 0 bridgehead atoms. The van der Waals surface area contributed by atoms with Gasteiger partial charge in [0, 0.05) is 18.2 Å². The van der Waals surface area contributed by atoms with Crippen molar-refractivity contribution in [1.29, 1.82) is 5.26 Å². The SMILES string of the molecule is N#Cc1ccc(CNC2CCCS(=O)(=O)C2)c(F)c1. The summed E-state index contributed by atoms with van der Waals surface area (Å²) in [7, 11) is -2.96. The normalized spacial score (nSPS) is 21.8. The fraction of sp³-hybridized carbons (Fsp3) is 0.462. The predicted molar refractivity (Wildman–Crippen MR) is 69.6 cm³/mol. The number of halogens is 1. The number of nitrogens with one attached hydrogen (secondary N) is 1. The van der Waals surface area contributed by atoms with Crippen LogP contribution in [0.5, 0.6) is 0 Å². The highest BCUT2D eigenvalue weighted by atomic mass is 32.2. The molecule has 1 saturated heterocycles. The van der Waals surface area contributed by atoms with Crippen LogP contribution in [0.3, 0.4) is 0 Å². The van der Waals surface area contributed by atoms with Gasteiger partial charge in [-0.2, -0.15) is 5.26 Å². The molecule has 6 heteroatoms. The molecule has 1 fully saturated rings. The monoisotopic (exact) mass is 282 g/mol. The molecule has 1 aliphatic heterocycles. The van der Waals surface area contributed by atoms with Crippen LogP contribution in [0.4, 0.5) is 4.39 Å². The van der Waals surface area contributed by atoms with Gasteiger partial charge in [0.2, 0.25) is 0 Å². The number of hydrogen-bond acceptors (Lipinski definition) is 4. The van der Waals surface area contributed by atoms with Crippen LogP contribution >= 0.6 is 0 Å². The van der Waals surface area contributed by atoms with E-state index in [1.807, 2.05) is 6.07 Å². The zero-order chi connectivity index (χ0) is 13.9. The summed E-state index contributed by atoms with van der Waals surface area (Å²) in [6.45, 7) is 0.276. The van der Waals surface area contributed by atoms with E-state index in [-0.39, 0.29) is 29.7 Å². The second-order valence-corrected chi connectivity index (χ2v) is 6.98. The first-order valence-corrected chi connectivity index (χ1v) is 7.94. The molecule has 1 aromatic carbocycles. The average molecular weight is 282 g/mol. The Morgan fingerprint density at radius 2 is 2.26 bits per heavy atom. The minimum absolute atomic E-state index is 0.116. The maximum atomic E-state index is 13.6. The summed E-state index contributed by atoms with van der Waals surface area (Å²) >= 11 is 0. The number of hydrogen-bond donors (Lipinski definition) is 1. The molecule has 1 heterocycles.